The van der Waals surface area contributed by atoms with Gasteiger partial charge in [-0.15, -0.1) is 11.3 Å². The largest absolute Gasteiger partial charge is 0.464 e. The summed E-state index contributed by atoms with van der Waals surface area (Å²) in [5.74, 6) is 1.38. The lowest BCUT2D eigenvalue weighted by atomic mass is 10.1. The van der Waals surface area contributed by atoms with Crippen LogP contribution in [0.25, 0.3) is 21.5 Å². The highest BCUT2D eigenvalue weighted by molar-refractivity contribution is 7.17. The summed E-state index contributed by atoms with van der Waals surface area (Å²) in [6.07, 6.45) is 1.61. The first-order chi connectivity index (χ1) is 15.2. The number of thiophene rings is 1. The number of furan rings is 1. The molecule has 4 aromatic rings. The zero-order valence-corrected chi connectivity index (χ0v) is 17.7. The van der Waals surface area contributed by atoms with Gasteiger partial charge in [-0.05, 0) is 29.8 Å². The van der Waals surface area contributed by atoms with E-state index in [1.165, 1.54) is 16.9 Å². The quantitative estimate of drug-likeness (QED) is 0.521. The molecule has 1 N–H and O–H groups in total. The van der Waals surface area contributed by atoms with Gasteiger partial charge < -0.3 is 9.40 Å². The van der Waals surface area contributed by atoms with E-state index in [1.54, 1.807) is 6.26 Å². The number of piperazine rings is 1. The van der Waals surface area contributed by atoms with Crippen molar-refractivity contribution < 1.29 is 4.42 Å². The maximum absolute atomic E-state index is 12.7. The second-order valence-corrected chi connectivity index (χ2v) is 8.54. The molecular weight excluding hydrogens is 410 g/mol. The van der Waals surface area contributed by atoms with Gasteiger partial charge in [-0.2, -0.15) is 5.26 Å². The second-order valence-electron chi connectivity index (χ2n) is 7.68. The number of aromatic nitrogens is 2. The third kappa shape index (κ3) is 4.16. The maximum atomic E-state index is 12.7. The Morgan fingerprint density at radius 2 is 1.84 bits per heavy atom. The van der Waals surface area contributed by atoms with E-state index in [0.29, 0.717) is 29.1 Å². The number of hydrogen-bond acceptors (Lipinski definition) is 7. The van der Waals surface area contributed by atoms with Gasteiger partial charge in [0.05, 0.1) is 29.8 Å². The number of aromatic amines is 1. The van der Waals surface area contributed by atoms with Crippen LogP contribution < -0.4 is 5.56 Å². The van der Waals surface area contributed by atoms with E-state index in [2.05, 4.69) is 20.9 Å². The molecule has 8 heteroatoms. The van der Waals surface area contributed by atoms with Crippen LogP contribution in [0.3, 0.4) is 0 Å². The summed E-state index contributed by atoms with van der Waals surface area (Å²) < 4.78 is 5.46. The highest BCUT2D eigenvalue weighted by atomic mass is 32.1. The van der Waals surface area contributed by atoms with Gasteiger partial charge >= 0.3 is 0 Å². The van der Waals surface area contributed by atoms with E-state index < -0.39 is 0 Å². The number of benzene rings is 1. The van der Waals surface area contributed by atoms with E-state index in [1.807, 2.05) is 41.8 Å². The number of nitrogens with one attached hydrogen (secondary N) is 1. The van der Waals surface area contributed by atoms with E-state index >= 15 is 0 Å². The topological polar surface area (TPSA) is 89.2 Å². The van der Waals surface area contributed by atoms with E-state index in [0.717, 1.165) is 43.1 Å². The molecule has 31 heavy (non-hydrogen) atoms. The minimum atomic E-state index is -0.118. The zero-order chi connectivity index (χ0) is 21.2. The standard InChI is InChI=1S/C23H21N5O2S/c24-12-16-3-5-17(6-4-16)13-27-7-9-28(10-8-27)14-20-25-22(29)21-18(15-31-23(21)26-20)19-2-1-11-30-19/h1-6,11,15H,7-10,13-14H2,(H,25,26,29). The first-order valence-corrected chi connectivity index (χ1v) is 11.1. The highest BCUT2D eigenvalue weighted by Gasteiger charge is 2.19. The molecule has 0 radical (unpaired) electrons. The van der Waals surface area contributed by atoms with Crippen LogP contribution in [-0.4, -0.2) is 45.9 Å². The molecule has 1 aromatic carbocycles. The Hall–Kier alpha value is -3.25. The van der Waals surface area contributed by atoms with E-state index in [9.17, 15) is 4.79 Å². The van der Waals surface area contributed by atoms with Gasteiger partial charge in [-0.3, -0.25) is 14.6 Å². The summed E-state index contributed by atoms with van der Waals surface area (Å²) in [6.45, 7) is 5.25. The Morgan fingerprint density at radius 3 is 2.52 bits per heavy atom. The van der Waals surface area contributed by atoms with E-state index in [-0.39, 0.29) is 5.56 Å². The van der Waals surface area contributed by atoms with Crippen LogP contribution in [0, 0.1) is 11.3 Å². The molecule has 1 aliphatic heterocycles. The van der Waals surface area contributed by atoms with Crippen molar-refractivity contribution in [3.05, 3.63) is 75.3 Å². The number of rotatable bonds is 5. The molecular formula is C23H21N5O2S. The first-order valence-electron chi connectivity index (χ1n) is 10.2. The maximum Gasteiger partial charge on any atom is 0.260 e. The van der Waals surface area contributed by atoms with Crippen molar-refractivity contribution in [1.82, 2.24) is 19.8 Å². The van der Waals surface area contributed by atoms with Crippen LogP contribution in [0.4, 0.5) is 0 Å². The summed E-state index contributed by atoms with van der Waals surface area (Å²) in [5, 5.41) is 11.4. The molecule has 0 bridgehead atoms. The average Bonchev–Trinajstić information content (AvgIpc) is 3.46. The van der Waals surface area contributed by atoms with Gasteiger partial charge in [0, 0.05) is 43.7 Å². The number of fused-ring (bicyclic) bond motifs is 1. The Balaban J connectivity index is 1.23. The minimum absolute atomic E-state index is 0.118. The summed E-state index contributed by atoms with van der Waals surface area (Å²) in [7, 11) is 0. The van der Waals surface area contributed by atoms with Crippen molar-refractivity contribution in [3.63, 3.8) is 0 Å². The van der Waals surface area contributed by atoms with Crippen molar-refractivity contribution in [3.8, 4) is 17.4 Å². The fourth-order valence-electron chi connectivity index (χ4n) is 3.94. The molecule has 5 rings (SSSR count). The molecule has 7 nitrogen and oxygen atoms in total. The van der Waals surface area contributed by atoms with Crippen molar-refractivity contribution in [2.24, 2.45) is 0 Å². The lowest BCUT2D eigenvalue weighted by Gasteiger charge is -2.34. The SMILES string of the molecule is N#Cc1ccc(CN2CCN(Cc3nc4scc(-c5ccco5)c4c(=O)[nH]3)CC2)cc1. The first kappa shape index (κ1) is 19.7. The Bertz CT molecular complexity index is 1280. The number of H-pyrrole nitrogens is 1. The summed E-state index contributed by atoms with van der Waals surface area (Å²) >= 11 is 1.47. The normalized spacial score (nSPS) is 15.3. The molecule has 156 valence electrons. The van der Waals surface area contributed by atoms with Gasteiger partial charge in [0.25, 0.3) is 5.56 Å². The van der Waals surface area contributed by atoms with Gasteiger partial charge in [0.15, 0.2) is 0 Å². The van der Waals surface area contributed by atoms with Crippen molar-refractivity contribution >= 4 is 21.6 Å². The minimum Gasteiger partial charge on any atom is -0.464 e. The number of nitriles is 1. The third-order valence-electron chi connectivity index (χ3n) is 5.61. The molecule has 1 saturated heterocycles. The summed E-state index contributed by atoms with van der Waals surface area (Å²) in [4.78, 5) is 25.9. The van der Waals surface area contributed by atoms with Gasteiger partial charge in [0.1, 0.15) is 16.4 Å². The number of hydrogen-bond donors (Lipinski definition) is 1. The average molecular weight is 432 g/mol. The summed E-state index contributed by atoms with van der Waals surface area (Å²) in [6, 6.07) is 13.6. The van der Waals surface area contributed by atoms with Crippen molar-refractivity contribution in [2.75, 3.05) is 26.2 Å². The Labute approximate surface area is 183 Å². The number of nitrogens with zero attached hydrogens (tertiary/aromatic N) is 4. The monoisotopic (exact) mass is 431 g/mol. The fraction of sp³-hybridized carbons (Fsp3) is 0.261. The van der Waals surface area contributed by atoms with Crippen LogP contribution in [0.15, 0.2) is 57.3 Å². The van der Waals surface area contributed by atoms with Crippen molar-refractivity contribution in [2.45, 2.75) is 13.1 Å². The molecule has 0 spiro atoms. The van der Waals surface area contributed by atoms with Crippen LogP contribution >= 0.6 is 11.3 Å². The molecule has 0 atom stereocenters. The molecule has 0 saturated carbocycles. The van der Waals surface area contributed by atoms with Crippen LogP contribution in [0.5, 0.6) is 0 Å². The van der Waals surface area contributed by atoms with Crippen LogP contribution in [0.2, 0.25) is 0 Å². The molecule has 1 aliphatic rings. The Morgan fingerprint density at radius 1 is 1.10 bits per heavy atom. The van der Waals surface area contributed by atoms with Gasteiger partial charge in [0.2, 0.25) is 0 Å². The zero-order valence-electron chi connectivity index (χ0n) is 16.9. The fourth-order valence-corrected chi connectivity index (χ4v) is 4.89. The van der Waals surface area contributed by atoms with Crippen molar-refractivity contribution in [1.29, 1.82) is 5.26 Å². The predicted octanol–water partition coefficient (Wildman–Crippen LogP) is 3.43. The third-order valence-corrected chi connectivity index (χ3v) is 6.48. The molecule has 3 aromatic heterocycles. The molecule has 0 aliphatic carbocycles. The van der Waals surface area contributed by atoms with Crippen LogP contribution in [0.1, 0.15) is 17.0 Å². The van der Waals surface area contributed by atoms with Crippen LogP contribution in [-0.2, 0) is 13.1 Å². The Kier molecular flexibility index (Phi) is 5.38. The highest BCUT2D eigenvalue weighted by Crippen LogP contribution is 2.30. The smallest absolute Gasteiger partial charge is 0.260 e. The molecule has 0 unspecified atom stereocenters. The van der Waals surface area contributed by atoms with Gasteiger partial charge in [-0.1, -0.05) is 12.1 Å². The van der Waals surface area contributed by atoms with E-state index in [4.69, 9.17) is 14.7 Å². The predicted molar refractivity (Wildman–Crippen MR) is 120 cm³/mol. The van der Waals surface area contributed by atoms with Gasteiger partial charge in [-0.25, -0.2) is 4.98 Å². The lowest BCUT2D eigenvalue weighted by molar-refractivity contribution is 0.120. The summed E-state index contributed by atoms with van der Waals surface area (Å²) in [5.41, 5.74) is 2.58. The molecule has 0 amide bonds. The lowest BCUT2D eigenvalue weighted by Crippen LogP contribution is -2.45. The molecule has 4 heterocycles. The second kappa shape index (κ2) is 8.47. The molecule has 1 fully saturated rings.